The van der Waals surface area contributed by atoms with Gasteiger partial charge >= 0.3 is 0 Å². The summed E-state index contributed by atoms with van der Waals surface area (Å²) in [6.45, 7) is 4.92. The van der Waals surface area contributed by atoms with E-state index in [1.807, 2.05) is 0 Å². The molecule has 88 valence electrons. The molecule has 0 aliphatic carbocycles. The summed E-state index contributed by atoms with van der Waals surface area (Å²) in [5.74, 6) is 0. The van der Waals surface area contributed by atoms with Gasteiger partial charge in [-0.3, -0.25) is 4.90 Å². The maximum atomic E-state index is 12.3. The van der Waals surface area contributed by atoms with Crippen molar-refractivity contribution in [1.82, 2.24) is 10.2 Å². The van der Waals surface area contributed by atoms with Gasteiger partial charge in [0.1, 0.15) is 0 Å². The second-order valence-electron chi connectivity index (χ2n) is 4.07. The van der Waals surface area contributed by atoms with E-state index in [1.165, 1.54) is 12.1 Å². The second kappa shape index (κ2) is 5.37. The monoisotopic (exact) mass is 226 g/mol. The first-order valence-electron chi connectivity index (χ1n) is 5.56. The topological polar surface area (TPSA) is 15.3 Å². The lowest BCUT2D eigenvalue weighted by Gasteiger charge is -2.27. The molecule has 1 aromatic rings. The molecule has 0 unspecified atom stereocenters. The molecule has 1 heterocycles. The normalized spacial score (nSPS) is 17.9. The van der Waals surface area contributed by atoms with Crippen molar-refractivity contribution in [2.75, 3.05) is 26.2 Å². The molecule has 0 saturated carbocycles. The van der Waals surface area contributed by atoms with Crippen molar-refractivity contribution in [3.05, 3.63) is 35.4 Å². The zero-order chi connectivity index (χ0) is 11.4. The Bertz CT molecular complexity index is 318. The maximum Gasteiger partial charge on any atom is 0.263 e. The third-order valence-corrected chi connectivity index (χ3v) is 2.85. The summed E-state index contributed by atoms with van der Waals surface area (Å²) < 4.78 is 24.7. The predicted octanol–water partition coefficient (Wildman–Crippen LogP) is 2.03. The minimum Gasteiger partial charge on any atom is -0.314 e. The number of benzene rings is 1. The van der Waals surface area contributed by atoms with E-state index in [9.17, 15) is 8.78 Å². The quantitative estimate of drug-likeness (QED) is 0.848. The summed E-state index contributed by atoms with van der Waals surface area (Å²) in [4.78, 5) is 2.33. The third kappa shape index (κ3) is 3.00. The molecule has 0 radical (unpaired) electrons. The molecule has 1 aliphatic rings. The van der Waals surface area contributed by atoms with Crippen molar-refractivity contribution in [2.24, 2.45) is 0 Å². The smallest absolute Gasteiger partial charge is 0.263 e. The number of halogens is 2. The molecule has 2 nitrogen and oxygen atoms in total. The van der Waals surface area contributed by atoms with Crippen LogP contribution >= 0.6 is 0 Å². The van der Waals surface area contributed by atoms with E-state index in [0.29, 0.717) is 0 Å². The van der Waals surface area contributed by atoms with Crippen LogP contribution in [0.5, 0.6) is 0 Å². The number of hydrogen-bond acceptors (Lipinski definition) is 2. The van der Waals surface area contributed by atoms with Crippen LogP contribution in [0.25, 0.3) is 0 Å². The van der Waals surface area contributed by atoms with Crippen LogP contribution in [0.15, 0.2) is 24.3 Å². The van der Waals surface area contributed by atoms with Gasteiger partial charge in [0, 0.05) is 38.3 Å². The van der Waals surface area contributed by atoms with Crippen molar-refractivity contribution < 1.29 is 8.78 Å². The van der Waals surface area contributed by atoms with Gasteiger partial charge in [-0.1, -0.05) is 24.3 Å². The fraction of sp³-hybridized carbons (Fsp3) is 0.500. The van der Waals surface area contributed by atoms with Crippen molar-refractivity contribution >= 4 is 0 Å². The lowest BCUT2D eigenvalue weighted by Crippen LogP contribution is -2.42. The molecule has 0 amide bonds. The first kappa shape index (κ1) is 11.5. The van der Waals surface area contributed by atoms with Crippen molar-refractivity contribution in [3.8, 4) is 0 Å². The highest BCUT2D eigenvalue weighted by atomic mass is 19.3. The lowest BCUT2D eigenvalue weighted by molar-refractivity contribution is 0.151. The highest BCUT2D eigenvalue weighted by Gasteiger charge is 2.10. The SMILES string of the molecule is FC(F)c1ccc(CN2CCNCC2)cc1. The van der Waals surface area contributed by atoms with Crippen LogP contribution in [-0.2, 0) is 6.54 Å². The Morgan fingerprint density at radius 2 is 1.75 bits per heavy atom. The Hall–Kier alpha value is -1.00. The van der Waals surface area contributed by atoms with Gasteiger partial charge in [0.2, 0.25) is 0 Å². The van der Waals surface area contributed by atoms with Gasteiger partial charge in [0.25, 0.3) is 6.43 Å². The standard InChI is InChI=1S/C12H16F2N2/c13-12(14)11-3-1-10(2-4-11)9-16-7-5-15-6-8-16/h1-4,12,15H,5-9H2. The fourth-order valence-corrected chi connectivity index (χ4v) is 1.90. The lowest BCUT2D eigenvalue weighted by atomic mass is 10.1. The van der Waals surface area contributed by atoms with Crippen molar-refractivity contribution in [2.45, 2.75) is 13.0 Å². The van der Waals surface area contributed by atoms with E-state index < -0.39 is 6.43 Å². The first-order chi connectivity index (χ1) is 7.75. The Kier molecular flexibility index (Phi) is 3.85. The van der Waals surface area contributed by atoms with E-state index in [0.717, 1.165) is 38.3 Å². The predicted molar refractivity (Wildman–Crippen MR) is 59.5 cm³/mol. The Morgan fingerprint density at radius 1 is 1.12 bits per heavy atom. The Morgan fingerprint density at radius 3 is 2.31 bits per heavy atom. The summed E-state index contributed by atoms with van der Waals surface area (Å²) in [7, 11) is 0. The number of nitrogens with one attached hydrogen (secondary N) is 1. The summed E-state index contributed by atoms with van der Waals surface area (Å²) in [5, 5.41) is 3.28. The highest BCUT2D eigenvalue weighted by Crippen LogP contribution is 2.19. The van der Waals surface area contributed by atoms with E-state index in [-0.39, 0.29) is 5.56 Å². The van der Waals surface area contributed by atoms with Gasteiger partial charge in [0.15, 0.2) is 0 Å². The molecule has 2 rings (SSSR count). The molecular weight excluding hydrogens is 210 g/mol. The molecule has 1 saturated heterocycles. The zero-order valence-electron chi connectivity index (χ0n) is 9.13. The highest BCUT2D eigenvalue weighted by molar-refractivity contribution is 5.23. The van der Waals surface area contributed by atoms with E-state index in [1.54, 1.807) is 12.1 Å². The van der Waals surface area contributed by atoms with E-state index in [2.05, 4.69) is 10.2 Å². The molecule has 16 heavy (non-hydrogen) atoms. The number of hydrogen-bond donors (Lipinski definition) is 1. The van der Waals surface area contributed by atoms with Gasteiger partial charge in [-0.15, -0.1) is 0 Å². The summed E-state index contributed by atoms with van der Waals surface area (Å²) in [5.41, 5.74) is 1.20. The van der Waals surface area contributed by atoms with Gasteiger partial charge in [-0.25, -0.2) is 8.78 Å². The Labute approximate surface area is 94.3 Å². The molecule has 1 fully saturated rings. The largest absolute Gasteiger partial charge is 0.314 e. The van der Waals surface area contributed by atoms with Gasteiger partial charge in [-0.2, -0.15) is 0 Å². The molecule has 0 spiro atoms. The van der Waals surface area contributed by atoms with Gasteiger partial charge in [0.05, 0.1) is 0 Å². The average Bonchev–Trinajstić information content (AvgIpc) is 2.31. The molecule has 0 atom stereocenters. The van der Waals surface area contributed by atoms with Crippen LogP contribution in [-0.4, -0.2) is 31.1 Å². The summed E-state index contributed by atoms with van der Waals surface area (Å²) in [6.07, 6.45) is -2.37. The average molecular weight is 226 g/mol. The maximum absolute atomic E-state index is 12.3. The minimum atomic E-state index is -2.37. The molecule has 1 N–H and O–H groups in total. The van der Waals surface area contributed by atoms with Crippen molar-refractivity contribution in [1.29, 1.82) is 0 Å². The minimum absolute atomic E-state index is 0.101. The fourth-order valence-electron chi connectivity index (χ4n) is 1.90. The second-order valence-corrected chi connectivity index (χ2v) is 4.07. The van der Waals surface area contributed by atoms with E-state index >= 15 is 0 Å². The van der Waals surface area contributed by atoms with Crippen LogP contribution in [0.2, 0.25) is 0 Å². The molecule has 4 heteroatoms. The Balaban J connectivity index is 1.93. The van der Waals surface area contributed by atoms with Gasteiger partial charge < -0.3 is 5.32 Å². The molecular formula is C12H16F2N2. The number of rotatable bonds is 3. The van der Waals surface area contributed by atoms with Crippen LogP contribution in [0, 0.1) is 0 Å². The summed E-state index contributed by atoms with van der Waals surface area (Å²) in [6, 6.07) is 6.62. The third-order valence-electron chi connectivity index (χ3n) is 2.85. The molecule has 0 aromatic heterocycles. The van der Waals surface area contributed by atoms with Gasteiger partial charge in [-0.05, 0) is 5.56 Å². The van der Waals surface area contributed by atoms with Crippen LogP contribution in [0.4, 0.5) is 8.78 Å². The molecule has 1 aromatic carbocycles. The summed E-state index contributed by atoms with van der Waals surface area (Å²) >= 11 is 0. The van der Waals surface area contributed by atoms with E-state index in [4.69, 9.17) is 0 Å². The first-order valence-corrected chi connectivity index (χ1v) is 5.56. The van der Waals surface area contributed by atoms with Crippen molar-refractivity contribution in [3.63, 3.8) is 0 Å². The van der Waals surface area contributed by atoms with Crippen LogP contribution in [0.3, 0.4) is 0 Å². The number of nitrogens with zero attached hydrogens (tertiary/aromatic N) is 1. The zero-order valence-corrected chi connectivity index (χ0v) is 9.13. The number of piperazine rings is 1. The molecule has 1 aliphatic heterocycles. The number of alkyl halides is 2. The van der Waals surface area contributed by atoms with Crippen LogP contribution < -0.4 is 5.32 Å². The molecule has 0 bridgehead atoms. The van der Waals surface area contributed by atoms with Crippen LogP contribution in [0.1, 0.15) is 17.6 Å².